The molecule has 2 N–H and O–H groups in total. The van der Waals surface area contributed by atoms with E-state index in [0.29, 0.717) is 11.8 Å². The van der Waals surface area contributed by atoms with E-state index >= 15 is 0 Å². The van der Waals surface area contributed by atoms with Gasteiger partial charge in [0.05, 0.1) is 0 Å². The van der Waals surface area contributed by atoms with Crippen molar-refractivity contribution in [1.29, 1.82) is 0 Å². The second-order valence-corrected chi connectivity index (χ2v) is 11.0. The second-order valence-electron chi connectivity index (χ2n) is 3.96. The number of halogens is 1. The normalized spacial score (nSPS) is 29.4. The summed E-state index contributed by atoms with van der Waals surface area (Å²) in [6, 6.07) is 0. The van der Waals surface area contributed by atoms with E-state index in [1.165, 1.54) is 0 Å². The summed E-state index contributed by atoms with van der Waals surface area (Å²) >= 11 is -1.21. The molecule has 14 heavy (non-hydrogen) atoms. The molecule has 1 fully saturated rings. The minimum absolute atomic E-state index is 0.107. The molecule has 0 saturated heterocycles. The molecule has 0 aromatic carbocycles. The molecule has 3 nitrogen and oxygen atoms in total. The number of aliphatic hydroxyl groups is 2. The zero-order chi connectivity index (χ0) is 10.6. The van der Waals surface area contributed by atoms with Crippen molar-refractivity contribution in [2.24, 2.45) is 17.8 Å². The molecule has 0 aromatic heterocycles. The number of aliphatic hydroxyl groups excluding tert-OH is 2. The van der Waals surface area contributed by atoms with Crippen LogP contribution in [0.2, 0.25) is 3.93 Å². The van der Waals surface area contributed by atoms with E-state index in [1.54, 1.807) is 7.11 Å². The van der Waals surface area contributed by atoms with E-state index in [2.05, 4.69) is 0 Å². The molecule has 0 aliphatic heterocycles. The fraction of sp³-hybridized carbons (Fsp3) is 1.00. The molecule has 1 saturated carbocycles. The fourth-order valence-corrected chi connectivity index (χ4v) is 7.64. The summed E-state index contributed by atoms with van der Waals surface area (Å²) < 4.78 is 6.41. The van der Waals surface area contributed by atoms with Gasteiger partial charge in [0.15, 0.2) is 0 Å². The minimum atomic E-state index is -1.21. The summed E-state index contributed by atoms with van der Waals surface area (Å²) in [6.07, 6.45) is 1.14. The Morgan fingerprint density at radius 3 is 2.64 bits per heavy atom. The predicted molar refractivity (Wildman–Crippen MR) is 50.7 cm³/mol. The summed E-state index contributed by atoms with van der Waals surface area (Å²) in [5.74, 6) is 1.04. The van der Waals surface area contributed by atoms with Gasteiger partial charge in [0.1, 0.15) is 0 Å². The van der Waals surface area contributed by atoms with Crippen LogP contribution < -0.4 is 0 Å². The molecule has 0 amide bonds. The van der Waals surface area contributed by atoms with Crippen LogP contribution in [0, 0.1) is 17.8 Å². The van der Waals surface area contributed by atoms with Crippen molar-refractivity contribution in [3.8, 4) is 0 Å². The van der Waals surface area contributed by atoms with Gasteiger partial charge in [-0.15, -0.1) is 0 Å². The van der Waals surface area contributed by atoms with Gasteiger partial charge in [0, 0.05) is 0 Å². The van der Waals surface area contributed by atoms with Crippen LogP contribution in [0.15, 0.2) is 0 Å². The number of ether oxygens (including phenoxy) is 1. The van der Waals surface area contributed by atoms with E-state index in [-0.39, 0.29) is 25.2 Å². The van der Waals surface area contributed by atoms with Crippen molar-refractivity contribution < 1.29 is 38.3 Å². The van der Waals surface area contributed by atoms with Crippen LogP contribution in [0.5, 0.6) is 0 Å². The molecular weight excluding hydrogens is 392 g/mol. The zero-order valence-electron chi connectivity index (χ0n) is 8.53. The fourth-order valence-electron chi connectivity index (χ4n) is 2.10. The molecule has 1 aliphatic carbocycles. The summed E-state index contributed by atoms with van der Waals surface area (Å²) in [7, 11) is 7.56. The second kappa shape index (κ2) is 6.64. The average molecular weight is 409 g/mol. The predicted octanol–water partition coefficient (Wildman–Crippen LogP) is 0.893. The molecule has 0 heterocycles. The van der Waals surface area contributed by atoms with Crippen LogP contribution in [0.3, 0.4) is 0 Å². The topological polar surface area (TPSA) is 49.7 Å². The molecular formula is C9H17ClHgO3. The molecule has 0 bridgehead atoms. The van der Waals surface area contributed by atoms with Gasteiger partial charge in [-0.3, -0.25) is 0 Å². The summed E-state index contributed by atoms with van der Waals surface area (Å²) in [4.78, 5) is 0. The number of methoxy groups -OCH3 is 1. The zero-order valence-corrected chi connectivity index (χ0v) is 14.8. The van der Waals surface area contributed by atoms with Gasteiger partial charge < -0.3 is 0 Å². The Bertz CT molecular complexity index is 170. The molecule has 1 aliphatic rings. The Hall–Kier alpha value is 1.11. The Labute approximate surface area is 101 Å². The average Bonchev–Trinajstić information content (AvgIpc) is 2.97. The van der Waals surface area contributed by atoms with Gasteiger partial charge in [0.2, 0.25) is 0 Å². The van der Waals surface area contributed by atoms with E-state index in [4.69, 9.17) is 18.1 Å². The third kappa shape index (κ3) is 3.30. The molecule has 4 atom stereocenters. The maximum atomic E-state index is 9.23. The van der Waals surface area contributed by atoms with Gasteiger partial charge in [-0.05, 0) is 0 Å². The summed E-state index contributed by atoms with van der Waals surface area (Å²) in [5, 5.41) is 18.2. The van der Waals surface area contributed by atoms with Crippen LogP contribution in [0.25, 0.3) is 0 Å². The standard InChI is InChI=1S/C9H17O3.ClH.Hg/c1-6(4-10)9(12-2)8-3-7(8)5-11;;/h6-11H,1,3-5H2,2H3;1H;/q;;+1/p-1/t6-,7-,8+,9+;;/m1../s1. The Balaban J connectivity index is 2.43. The van der Waals surface area contributed by atoms with Crippen LogP contribution in [-0.4, -0.2) is 36.6 Å². The molecule has 5 heteroatoms. The SMILES string of the molecule is CO[C@@H]([C@@H](CO)[CH2][Hg][Cl])[C@H]1C[C@@H]1CO. The number of hydrogen-bond donors (Lipinski definition) is 2. The monoisotopic (exact) mass is 410 g/mol. The van der Waals surface area contributed by atoms with Crippen molar-refractivity contribution in [3.05, 3.63) is 0 Å². The first kappa shape index (κ1) is 13.2. The number of rotatable bonds is 7. The van der Waals surface area contributed by atoms with Gasteiger partial charge in [0.25, 0.3) is 0 Å². The van der Waals surface area contributed by atoms with Crippen LogP contribution in [0.1, 0.15) is 6.42 Å². The molecule has 0 unspecified atom stereocenters. The van der Waals surface area contributed by atoms with Crippen molar-refractivity contribution in [2.45, 2.75) is 16.5 Å². The van der Waals surface area contributed by atoms with Crippen LogP contribution in [-0.2, 0) is 28.1 Å². The van der Waals surface area contributed by atoms with Crippen LogP contribution >= 0.6 is 8.25 Å². The number of hydrogen-bond acceptors (Lipinski definition) is 3. The third-order valence-electron chi connectivity index (χ3n) is 3.08. The first-order valence-corrected chi connectivity index (χ1v) is 15.7. The van der Waals surface area contributed by atoms with Crippen LogP contribution in [0.4, 0.5) is 0 Å². The summed E-state index contributed by atoms with van der Waals surface area (Å²) in [6.45, 7) is 0.410. The van der Waals surface area contributed by atoms with Gasteiger partial charge >= 0.3 is 101 Å². The van der Waals surface area contributed by atoms with E-state index in [9.17, 15) is 5.11 Å². The Morgan fingerprint density at radius 2 is 2.29 bits per heavy atom. The van der Waals surface area contributed by atoms with Gasteiger partial charge in [-0.1, -0.05) is 0 Å². The maximum absolute atomic E-state index is 9.23. The quantitative estimate of drug-likeness (QED) is 0.615. The van der Waals surface area contributed by atoms with Crippen molar-refractivity contribution in [3.63, 3.8) is 0 Å². The Morgan fingerprint density at radius 1 is 1.57 bits per heavy atom. The van der Waals surface area contributed by atoms with Gasteiger partial charge in [-0.2, -0.15) is 0 Å². The van der Waals surface area contributed by atoms with Crippen molar-refractivity contribution in [1.82, 2.24) is 0 Å². The molecule has 0 aromatic rings. The third-order valence-corrected chi connectivity index (χ3v) is 8.73. The van der Waals surface area contributed by atoms with E-state index in [1.807, 2.05) is 0 Å². The van der Waals surface area contributed by atoms with E-state index < -0.39 is 23.3 Å². The van der Waals surface area contributed by atoms with E-state index in [0.717, 1.165) is 10.4 Å². The molecule has 0 spiro atoms. The first-order chi connectivity index (χ1) is 6.78. The molecule has 1 rings (SSSR count). The van der Waals surface area contributed by atoms with Crippen molar-refractivity contribution >= 4 is 8.25 Å². The summed E-state index contributed by atoms with van der Waals surface area (Å²) in [5.41, 5.74) is 0. The molecule has 0 radical (unpaired) electrons. The Kier molecular flexibility index (Phi) is 6.24. The molecule has 80 valence electrons. The first-order valence-electron chi connectivity index (χ1n) is 5.08. The van der Waals surface area contributed by atoms with Crippen molar-refractivity contribution in [2.75, 3.05) is 20.3 Å². The van der Waals surface area contributed by atoms with Gasteiger partial charge in [-0.25, -0.2) is 0 Å².